The number of H-pyrrole nitrogens is 1. The Kier molecular flexibility index (Phi) is 2.84. The van der Waals surface area contributed by atoms with Crippen molar-refractivity contribution in [1.82, 2.24) is 4.98 Å². The number of phenolic OH excluding ortho intramolecular Hbond substituents is 1. The zero-order chi connectivity index (χ0) is 11.7. The molecule has 0 spiro atoms. The lowest BCUT2D eigenvalue weighted by molar-refractivity contribution is 0.476. The summed E-state index contributed by atoms with van der Waals surface area (Å²) in [5.41, 5.74) is 0.591. The molecule has 0 fully saturated rings. The molecule has 0 saturated carbocycles. The molecule has 16 heavy (non-hydrogen) atoms. The van der Waals surface area contributed by atoms with Crippen LogP contribution < -0.4 is 10.9 Å². The molecule has 0 amide bonds. The minimum Gasteiger partial charge on any atom is -0.508 e. The number of pyridine rings is 1. The fraction of sp³-hybridized carbons (Fsp3) is 0. The van der Waals surface area contributed by atoms with Gasteiger partial charge in [0.2, 0.25) is 0 Å². The van der Waals surface area contributed by atoms with Gasteiger partial charge in [0.25, 0.3) is 5.56 Å². The number of aromatic amines is 1. The highest BCUT2D eigenvalue weighted by atomic mass is 32.1. The van der Waals surface area contributed by atoms with Crippen molar-refractivity contribution in [3.05, 3.63) is 34.6 Å². The van der Waals surface area contributed by atoms with Crippen LogP contribution in [0.1, 0.15) is 0 Å². The monoisotopic (exact) mass is 252 g/mol. The molecule has 6 heteroatoms. The Morgan fingerprint density at radius 3 is 2.88 bits per heavy atom. The van der Waals surface area contributed by atoms with Crippen LogP contribution in [-0.4, -0.2) is 14.4 Å². The third-order valence-electron chi connectivity index (χ3n) is 2.07. The van der Waals surface area contributed by atoms with Crippen molar-refractivity contribution in [3.8, 4) is 5.75 Å². The predicted molar refractivity (Wildman–Crippen MR) is 71.4 cm³/mol. The Morgan fingerprint density at radius 1 is 1.44 bits per heavy atom. The topological polar surface area (TPSA) is 65.1 Å². The van der Waals surface area contributed by atoms with Crippen molar-refractivity contribution < 1.29 is 5.11 Å². The van der Waals surface area contributed by atoms with Crippen LogP contribution in [0, 0.1) is 0 Å². The molecule has 0 bridgehead atoms. The molecule has 2 aromatic rings. The average Bonchev–Trinajstić information content (AvgIpc) is 2.19. The zero-order valence-electron chi connectivity index (χ0n) is 8.02. The van der Waals surface area contributed by atoms with Crippen molar-refractivity contribution in [2.45, 2.75) is 0 Å². The maximum atomic E-state index is 11.6. The van der Waals surface area contributed by atoms with E-state index in [-0.39, 0.29) is 15.6 Å². The van der Waals surface area contributed by atoms with Gasteiger partial charge in [-0.3, -0.25) is 4.79 Å². The lowest BCUT2D eigenvalue weighted by atomic mass is 10.2. The Bertz CT molecular complexity index is 622. The zero-order valence-corrected chi connectivity index (χ0v) is 9.73. The van der Waals surface area contributed by atoms with E-state index in [0.717, 1.165) is 5.39 Å². The number of aromatic nitrogens is 1. The second-order valence-electron chi connectivity index (χ2n) is 3.21. The molecule has 4 nitrogen and oxygen atoms in total. The van der Waals surface area contributed by atoms with Gasteiger partial charge in [-0.05, 0) is 18.2 Å². The van der Waals surface area contributed by atoms with Gasteiger partial charge in [0.05, 0.1) is 5.52 Å². The predicted octanol–water partition coefficient (Wildman–Crippen LogP) is 1.86. The molecule has 2 rings (SSSR count). The van der Waals surface area contributed by atoms with Crippen LogP contribution in [0.3, 0.4) is 0 Å². The number of benzene rings is 1. The molecule has 0 unspecified atom stereocenters. The van der Waals surface area contributed by atoms with Crippen molar-refractivity contribution in [2.24, 2.45) is 0 Å². The maximum absolute atomic E-state index is 11.6. The van der Waals surface area contributed by atoms with Crippen molar-refractivity contribution >= 4 is 45.8 Å². The Labute approximate surface area is 102 Å². The number of nitrogens with one attached hydrogen (secondary N) is 2. The molecule has 1 heterocycles. The first-order valence-corrected chi connectivity index (χ1v) is 5.28. The first kappa shape index (κ1) is 11.0. The van der Waals surface area contributed by atoms with Crippen molar-refractivity contribution in [3.63, 3.8) is 0 Å². The van der Waals surface area contributed by atoms with Gasteiger partial charge in [0.1, 0.15) is 15.8 Å². The van der Waals surface area contributed by atoms with Gasteiger partial charge in [-0.1, -0.05) is 12.2 Å². The summed E-state index contributed by atoms with van der Waals surface area (Å²) in [5.74, 6) is 0.105. The number of phenols is 1. The van der Waals surface area contributed by atoms with E-state index in [4.69, 9.17) is 12.2 Å². The van der Waals surface area contributed by atoms with Gasteiger partial charge in [-0.2, -0.15) is 0 Å². The van der Waals surface area contributed by atoms with E-state index in [2.05, 4.69) is 22.9 Å². The van der Waals surface area contributed by atoms with E-state index in [0.29, 0.717) is 11.2 Å². The number of hydrogen-bond donors (Lipinski definition) is 4. The maximum Gasteiger partial charge on any atom is 0.272 e. The van der Waals surface area contributed by atoms with E-state index in [1.807, 2.05) is 0 Å². The molecule has 1 aromatic heterocycles. The summed E-state index contributed by atoms with van der Waals surface area (Å²) in [6, 6.07) is 6.38. The smallest absolute Gasteiger partial charge is 0.272 e. The van der Waals surface area contributed by atoms with Crippen molar-refractivity contribution in [1.29, 1.82) is 0 Å². The van der Waals surface area contributed by atoms with E-state index in [9.17, 15) is 9.90 Å². The van der Waals surface area contributed by atoms with Crippen LogP contribution in [0.4, 0.5) is 5.69 Å². The number of aromatic hydroxyl groups is 1. The largest absolute Gasteiger partial charge is 0.508 e. The third kappa shape index (κ3) is 2.17. The second-order valence-corrected chi connectivity index (χ2v) is 4.37. The SMILES string of the molecule is O=c1[nH]c2cc(O)ccc2cc1NC(=S)S. The minimum atomic E-state index is -0.311. The molecular weight excluding hydrogens is 244 g/mol. The van der Waals surface area contributed by atoms with E-state index in [1.54, 1.807) is 18.2 Å². The third-order valence-corrected chi connectivity index (χ3v) is 2.29. The number of anilines is 1. The number of hydrogen-bond acceptors (Lipinski definition) is 3. The fourth-order valence-corrected chi connectivity index (χ4v) is 1.63. The average molecular weight is 252 g/mol. The summed E-state index contributed by atoms with van der Waals surface area (Å²) in [5, 5.41) is 12.7. The summed E-state index contributed by atoms with van der Waals surface area (Å²) >= 11 is 8.64. The summed E-state index contributed by atoms with van der Waals surface area (Å²) in [6.07, 6.45) is 0. The first-order valence-electron chi connectivity index (χ1n) is 4.42. The first-order chi connectivity index (χ1) is 7.56. The Hall–Kier alpha value is -1.53. The standard InChI is InChI=1S/C10H8N2O2S2/c13-6-2-1-5-3-8(12-10(15)16)9(14)11-7(5)4-6/h1-4,13H,(H,11,14)(H2,12,15,16). The molecule has 1 aromatic carbocycles. The lowest BCUT2D eigenvalue weighted by Crippen LogP contribution is -2.15. The molecule has 0 aliphatic carbocycles. The Morgan fingerprint density at radius 2 is 2.19 bits per heavy atom. The van der Waals surface area contributed by atoms with Crippen LogP contribution in [0.2, 0.25) is 0 Å². The van der Waals surface area contributed by atoms with Gasteiger partial charge in [0.15, 0.2) is 0 Å². The van der Waals surface area contributed by atoms with Gasteiger partial charge in [0, 0.05) is 11.5 Å². The van der Waals surface area contributed by atoms with Gasteiger partial charge < -0.3 is 15.4 Å². The summed E-state index contributed by atoms with van der Waals surface area (Å²) in [6.45, 7) is 0. The molecule has 82 valence electrons. The Balaban J connectivity index is 2.63. The van der Waals surface area contributed by atoms with Crippen molar-refractivity contribution in [2.75, 3.05) is 5.32 Å². The number of thiocarbonyl (C=S) groups is 1. The van der Waals surface area contributed by atoms with Crippen LogP contribution >= 0.6 is 24.8 Å². The second kappa shape index (κ2) is 4.15. The number of fused-ring (bicyclic) bond motifs is 1. The van der Waals surface area contributed by atoms with Gasteiger partial charge in [-0.25, -0.2) is 0 Å². The molecule has 0 atom stereocenters. The summed E-state index contributed by atoms with van der Waals surface area (Å²) < 4.78 is 0.226. The highest BCUT2D eigenvalue weighted by Crippen LogP contribution is 2.18. The molecule has 0 aliphatic rings. The van der Waals surface area contributed by atoms with E-state index < -0.39 is 0 Å². The molecule has 0 radical (unpaired) electrons. The van der Waals surface area contributed by atoms with Crippen LogP contribution in [0.5, 0.6) is 5.75 Å². The normalized spacial score (nSPS) is 10.3. The van der Waals surface area contributed by atoms with Gasteiger partial charge in [-0.15, -0.1) is 12.6 Å². The molecule has 0 aliphatic heterocycles. The highest BCUT2D eigenvalue weighted by molar-refractivity contribution is 8.11. The molecule has 3 N–H and O–H groups in total. The van der Waals surface area contributed by atoms with Crippen LogP contribution in [0.15, 0.2) is 29.1 Å². The fourth-order valence-electron chi connectivity index (χ4n) is 1.40. The lowest BCUT2D eigenvalue weighted by Gasteiger charge is -2.04. The van der Waals surface area contributed by atoms with Gasteiger partial charge >= 0.3 is 0 Å². The quantitative estimate of drug-likeness (QED) is 0.462. The number of rotatable bonds is 1. The summed E-state index contributed by atoms with van der Waals surface area (Å²) in [7, 11) is 0. The number of thiol groups is 1. The molecule has 0 saturated heterocycles. The highest BCUT2D eigenvalue weighted by Gasteiger charge is 2.03. The summed E-state index contributed by atoms with van der Waals surface area (Å²) in [4.78, 5) is 14.2. The van der Waals surface area contributed by atoms with E-state index >= 15 is 0 Å². The minimum absolute atomic E-state index is 0.105. The van der Waals surface area contributed by atoms with E-state index in [1.165, 1.54) is 6.07 Å². The van der Waals surface area contributed by atoms with Crippen LogP contribution in [-0.2, 0) is 0 Å². The van der Waals surface area contributed by atoms with Crippen LogP contribution in [0.25, 0.3) is 10.9 Å². The molecular formula is C10H8N2O2S2.